The maximum absolute atomic E-state index is 11.5. The van der Waals surface area contributed by atoms with Crippen molar-refractivity contribution in [2.45, 2.75) is 13.3 Å². The molecule has 0 saturated carbocycles. The number of benzene rings is 1. The molecule has 0 radical (unpaired) electrons. The highest BCUT2D eigenvalue weighted by atomic mass is 16.5. The zero-order chi connectivity index (χ0) is 12.3. The number of carbonyl (C=O) groups excluding carboxylic acids is 1. The van der Waals surface area contributed by atoms with Gasteiger partial charge in [-0.1, -0.05) is 6.07 Å². The Hall–Kier alpha value is -2.28. The van der Waals surface area contributed by atoms with Gasteiger partial charge in [0.15, 0.2) is 0 Å². The molecule has 4 heteroatoms. The highest BCUT2D eigenvalue weighted by Crippen LogP contribution is 2.18. The predicted octanol–water partition coefficient (Wildman–Crippen LogP) is 2.41. The van der Waals surface area contributed by atoms with E-state index in [-0.39, 0.29) is 5.97 Å². The van der Waals surface area contributed by atoms with Crippen LogP contribution < -0.4 is 0 Å². The number of nitrogens with zero attached hydrogens (tertiary/aromatic N) is 1. The number of hydrogen-bond acceptors (Lipinski definition) is 3. The van der Waals surface area contributed by atoms with Crippen LogP contribution in [0.4, 0.5) is 0 Å². The summed E-state index contributed by atoms with van der Waals surface area (Å²) < 4.78 is 4.91. The van der Waals surface area contributed by atoms with E-state index < -0.39 is 0 Å². The van der Waals surface area contributed by atoms with Crippen molar-refractivity contribution in [2.24, 2.45) is 0 Å². The molecule has 0 aliphatic heterocycles. The number of fused-ring (bicyclic) bond motifs is 1. The second-order valence-corrected chi connectivity index (χ2v) is 3.66. The minimum atomic E-state index is -0.356. The molecule has 1 heterocycles. The first kappa shape index (κ1) is 11.2. The maximum atomic E-state index is 11.5. The summed E-state index contributed by atoms with van der Waals surface area (Å²) in [7, 11) is 0. The van der Waals surface area contributed by atoms with Crippen molar-refractivity contribution < 1.29 is 9.53 Å². The Kier molecular flexibility index (Phi) is 3.10. The lowest BCUT2D eigenvalue weighted by molar-refractivity contribution is 0.0520. The second-order valence-electron chi connectivity index (χ2n) is 3.66. The van der Waals surface area contributed by atoms with Crippen LogP contribution in [0.2, 0.25) is 0 Å². The van der Waals surface area contributed by atoms with Crippen LogP contribution in [0.25, 0.3) is 10.9 Å². The highest BCUT2D eigenvalue weighted by Gasteiger charge is 2.10. The predicted molar refractivity (Wildman–Crippen MR) is 63.6 cm³/mol. The smallest absolute Gasteiger partial charge is 0.354 e. The van der Waals surface area contributed by atoms with Crippen LogP contribution in [0.15, 0.2) is 24.3 Å². The first-order chi connectivity index (χ1) is 8.24. The molecule has 0 saturated heterocycles. The zero-order valence-corrected chi connectivity index (χ0v) is 9.49. The SMILES string of the molecule is CCOC(=O)c1cc2cc(CC#N)ccc2[nH]1. The second kappa shape index (κ2) is 4.71. The monoisotopic (exact) mass is 228 g/mol. The van der Waals surface area contributed by atoms with Crippen molar-refractivity contribution in [2.75, 3.05) is 6.61 Å². The third-order valence-electron chi connectivity index (χ3n) is 2.46. The Labute approximate surface area is 98.8 Å². The van der Waals surface area contributed by atoms with Crippen molar-refractivity contribution >= 4 is 16.9 Å². The molecule has 1 aromatic carbocycles. The van der Waals surface area contributed by atoms with E-state index >= 15 is 0 Å². The Morgan fingerprint density at radius 1 is 1.47 bits per heavy atom. The Bertz CT molecular complexity index is 593. The Morgan fingerprint density at radius 2 is 2.29 bits per heavy atom. The summed E-state index contributed by atoms with van der Waals surface area (Å²) in [4.78, 5) is 14.5. The third kappa shape index (κ3) is 2.28. The van der Waals surface area contributed by atoms with Gasteiger partial charge in [-0.05, 0) is 30.7 Å². The zero-order valence-electron chi connectivity index (χ0n) is 9.49. The lowest BCUT2D eigenvalue weighted by Gasteiger charge is -1.96. The van der Waals surface area contributed by atoms with E-state index in [0.717, 1.165) is 16.5 Å². The number of aromatic amines is 1. The van der Waals surface area contributed by atoms with Crippen molar-refractivity contribution in [1.82, 2.24) is 4.98 Å². The van der Waals surface area contributed by atoms with Crippen LogP contribution in [0.3, 0.4) is 0 Å². The average molecular weight is 228 g/mol. The molecule has 0 unspecified atom stereocenters. The summed E-state index contributed by atoms with van der Waals surface area (Å²) in [5.41, 5.74) is 2.25. The topological polar surface area (TPSA) is 65.9 Å². The van der Waals surface area contributed by atoms with Crippen LogP contribution in [0.1, 0.15) is 23.0 Å². The van der Waals surface area contributed by atoms with Crippen LogP contribution in [0, 0.1) is 11.3 Å². The number of H-pyrrole nitrogens is 1. The first-order valence-corrected chi connectivity index (χ1v) is 5.40. The Morgan fingerprint density at radius 3 is 3.00 bits per heavy atom. The number of esters is 1. The highest BCUT2D eigenvalue weighted by molar-refractivity contribution is 5.94. The van der Waals surface area contributed by atoms with E-state index in [2.05, 4.69) is 11.1 Å². The molecule has 0 aliphatic carbocycles. The number of aromatic nitrogens is 1. The van der Waals surface area contributed by atoms with E-state index in [1.165, 1.54) is 0 Å². The third-order valence-corrected chi connectivity index (χ3v) is 2.46. The van der Waals surface area contributed by atoms with Crippen LogP contribution in [0.5, 0.6) is 0 Å². The van der Waals surface area contributed by atoms with E-state index in [1.807, 2.05) is 18.2 Å². The van der Waals surface area contributed by atoms with E-state index in [0.29, 0.717) is 18.7 Å². The molecule has 2 aromatic rings. The number of hydrogen-bond donors (Lipinski definition) is 1. The summed E-state index contributed by atoms with van der Waals surface area (Å²) in [6, 6.07) is 9.48. The average Bonchev–Trinajstić information content (AvgIpc) is 2.73. The van der Waals surface area contributed by atoms with Gasteiger partial charge in [0.05, 0.1) is 19.1 Å². The van der Waals surface area contributed by atoms with Crippen LogP contribution >= 0.6 is 0 Å². The number of carbonyl (C=O) groups is 1. The molecule has 0 fully saturated rings. The minimum absolute atomic E-state index is 0.355. The fourth-order valence-electron chi connectivity index (χ4n) is 1.70. The summed E-state index contributed by atoms with van der Waals surface area (Å²) in [5.74, 6) is -0.356. The summed E-state index contributed by atoms with van der Waals surface area (Å²) in [6.45, 7) is 2.12. The molecule has 2 rings (SSSR count). The molecule has 1 aromatic heterocycles. The summed E-state index contributed by atoms with van der Waals surface area (Å²) in [6.07, 6.45) is 0.371. The molecule has 0 bridgehead atoms. The molecule has 1 N–H and O–H groups in total. The van der Waals surface area contributed by atoms with Gasteiger partial charge in [0.1, 0.15) is 5.69 Å². The molecule has 0 spiro atoms. The Balaban J connectivity index is 2.37. The van der Waals surface area contributed by atoms with Crippen LogP contribution in [-0.4, -0.2) is 17.6 Å². The lowest BCUT2D eigenvalue weighted by Crippen LogP contribution is -2.04. The summed E-state index contributed by atoms with van der Waals surface area (Å²) in [5, 5.41) is 9.54. The number of ether oxygens (including phenoxy) is 1. The fourth-order valence-corrected chi connectivity index (χ4v) is 1.70. The molecule has 0 atom stereocenters. The molecular formula is C13H12N2O2. The standard InChI is InChI=1S/C13H12N2O2/c1-2-17-13(16)12-8-10-7-9(5-6-14)3-4-11(10)15-12/h3-4,7-8,15H,2,5H2,1H3. The van der Waals surface area contributed by atoms with E-state index in [1.54, 1.807) is 13.0 Å². The first-order valence-electron chi connectivity index (χ1n) is 5.40. The molecule has 0 aliphatic rings. The van der Waals surface area contributed by atoms with Gasteiger partial charge in [0.2, 0.25) is 0 Å². The van der Waals surface area contributed by atoms with Gasteiger partial charge in [-0.3, -0.25) is 0 Å². The lowest BCUT2D eigenvalue weighted by atomic mass is 10.1. The van der Waals surface area contributed by atoms with Gasteiger partial charge < -0.3 is 9.72 Å². The molecular weight excluding hydrogens is 216 g/mol. The van der Waals surface area contributed by atoms with Gasteiger partial charge >= 0.3 is 5.97 Å². The van der Waals surface area contributed by atoms with Crippen molar-refractivity contribution in [3.8, 4) is 6.07 Å². The molecule has 17 heavy (non-hydrogen) atoms. The summed E-state index contributed by atoms with van der Waals surface area (Å²) >= 11 is 0. The number of nitriles is 1. The van der Waals surface area contributed by atoms with Gasteiger partial charge in [-0.25, -0.2) is 4.79 Å². The van der Waals surface area contributed by atoms with Gasteiger partial charge in [0.25, 0.3) is 0 Å². The van der Waals surface area contributed by atoms with E-state index in [4.69, 9.17) is 10.00 Å². The quantitative estimate of drug-likeness (QED) is 0.820. The van der Waals surface area contributed by atoms with Crippen molar-refractivity contribution in [3.05, 3.63) is 35.5 Å². The van der Waals surface area contributed by atoms with Crippen molar-refractivity contribution in [3.63, 3.8) is 0 Å². The van der Waals surface area contributed by atoms with E-state index in [9.17, 15) is 4.79 Å². The molecule has 0 amide bonds. The largest absolute Gasteiger partial charge is 0.461 e. The van der Waals surface area contributed by atoms with Crippen molar-refractivity contribution in [1.29, 1.82) is 5.26 Å². The molecule has 4 nitrogen and oxygen atoms in total. The number of nitrogens with one attached hydrogen (secondary N) is 1. The van der Waals surface area contributed by atoms with Crippen LogP contribution in [-0.2, 0) is 11.2 Å². The van der Waals surface area contributed by atoms with Gasteiger partial charge in [-0.15, -0.1) is 0 Å². The maximum Gasteiger partial charge on any atom is 0.354 e. The van der Waals surface area contributed by atoms with Gasteiger partial charge in [-0.2, -0.15) is 5.26 Å². The normalized spacial score (nSPS) is 10.1. The number of rotatable bonds is 3. The fraction of sp³-hybridized carbons (Fsp3) is 0.231. The van der Waals surface area contributed by atoms with Gasteiger partial charge in [0, 0.05) is 10.9 Å². The molecule has 86 valence electrons. The minimum Gasteiger partial charge on any atom is -0.461 e.